The summed E-state index contributed by atoms with van der Waals surface area (Å²) in [5.74, 6) is -0.210. The molecular weight excluding hydrogens is 388 g/mol. The predicted octanol–water partition coefficient (Wildman–Crippen LogP) is 4.48. The van der Waals surface area contributed by atoms with Crippen molar-refractivity contribution in [2.45, 2.75) is 25.7 Å². The van der Waals surface area contributed by atoms with E-state index in [0.717, 1.165) is 29.5 Å². The normalized spacial score (nSPS) is 11.3. The quantitative estimate of drug-likeness (QED) is 0.265. The van der Waals surface area contributed by atoms with Gasteiger partial charge < -0.3 is 15.3 Å². The Balaban J connectivity index is 1.70. The topological polar surface area (TPSA) is 106 Å². The molecule has 0 fully saturated rings. The van der Waals surface area contributed by atoms with Crippen molar-refractivity contribution in [3.63, 3.8) is 0 Å². The van der Waals surface area contributed by atoms with E-state index < -0.39 is 5.63 Å². The first kappa shape index (κ1) is 19.3. The standard InChI is InChI=1S/C22H20N2O4S/c23-11-5-1-2-7-16(25)13-9-10-14-17(12-13)28-22(27)19(20(14)26)21-24-15-6-3-4-8-18(15)29-21/h3-4,6,8-10,12,26H,1-2,5,7,11,23H2. The van der Waals surface area contributed by atoms with E-state index in [1.807, 2.05) is 24.3 Å². The summed E-state index contributed by atoms with van der Waals surface area (Å²) >= 11 is 1.31. The van der Waals surface area contributed by atoms with Crippen LogP contribution in [0, 0.1) is 0 Å². The maximum absolute atomic E-state index is 12.6. The van der Waals surface area contributed by atoms with Crippen LogP contribution < -0.4 is 11.4 Å². The van der Waals surface area contributed by atoms with Crippen LogP contribution in [0.2, 0.25) is 0 Å². The highest BCUT2D eigenvalue weighted by Gasteiger charge is 2.20. The van der Waals surface area contributed by atoms with Gasteiger partial charge in [0.05, 0.1) is 15.6 Å². The van der Waals surface area contributed by atoms with Crippen molar-refractivity contribution in [3.8, 4) is 16.3 Å². The van der Waals surface area contributed by atoms with Gasteiger partial charge in [0, 0.05) is 12.0 Å². The number of aromatic nitrogens is 1. The van der Waals surface area contributed by atoms with Crippen LogP contribution in [0.5, 0.6) is 5.75 Å². The molecule has 0 aliphatic carbocycles. The SMILES string of the molecule is NCCCCCC(=O)c1ccc2c(O)c(-c3nc4ccccc4s3)c(=O)oc2c1. The Morgan fingerprint density at radius 2 is 1.97 bits per heavy atom. The molecule has 0 amide bonds. The number of rotatable bonds is 7. The molecule has 148 valence electrons. The molecule has 4 aromatic rings. The van der Waals surface area contributed by atoms with Crippen molar-refractivity contribution in [2.75, 3.05) is 6.54 Å². The largest absolute Gasteiger partial charge is 0.506 e. The molecule has 2 aromatic heterocycles. The Bertz CT molecular complexity index is 1230. The summed E-state index contributed by atoms with van der Waals surface area (Å²) in [6, 6.07) is 12.3. The van der Waals surface area contributed by atoms with Crippen molar-refractivity contribution in [2.24, 2.45) is 5.73 Å². The molecule has 0 bridgehead atoms. The number of thiazole rings is 1. The van der Waals surface area contributed by atoms with E-state index in [1.165, 1.54) is 17.4 Å². The summed E-state index contributed by atoms with van der Waals surface area (Å²) in [4.78, 5) is 29.4. The second-order valence-corrected chi connectivity index (χ2v) is 7.86. The highest BCUT2D eigenvalue weighted by atomic mass is 32.1. The third-order valence-electron chi connectivity index (χ3n) is 4.82. The van der Waals surface area contributed by atoms with Gasteiger partial charge in [-0.3, -0.25) is 4.79 Å². The average molecular weight is 408 g/mol. The van der Waals surface area contributed by atoms with Crippen molar-refractivity contribution < 1.29 is 14.3 Å². The van der Waals surface area contributed by atoms with Gasteiger partial charge in [-0.2, -0.15) is 0 Å². The molecule has 29 heavy (non-hydrogen) atoms. The molecule has 0 spiro atoms. The number of carbonyl (C=O) groups is 1. The molecule has 0 saturated carbocycles. The van der Waals surface area contributed by atoms with E-state index in [0.29, 0.717) is 28.9 Å². The van der Waals surface area contributed by atoms with Gasteiger partial charge >= 0.3 is 5.63 Å². The van der Waals surface area contributed by atoms with E-state index in [4.69, 9.17) is 10.2 Å². The van der Waals surface area contributed by atoms with Crippen molar-refractivity contribution in [1.29, 1.82) is 0 Å². The molecule has 2 heterocycles. The fourth-order valence-electron chi connectivity index (χ4n) is 3.28. The zero-order chi connectivity index (χ0) is 20.4. The molecule has 6 nitrogen and oxygen atoms in total. The first-order chi connectivity index (χ1) is 14.1. The summed E-state index contributed by atoms with van der Waals surface area (Å²) in [5, 5.41) is 11.5. The smallest absolute Gasteiger partial charge is 0.350 e. The molecule has 0 unspecified atom stereocenters. The zero-order valence-electron chi connectivity index (χ0n) is 15.7. The number of ketones is 1. The van der Waals surface area contributed by atoms with E-state index in [-0.39, 0.29) is 22.7 Å². The lowest BCUT2D eigenvalue weighted by atomic mass is 10.0. The summed E-state index contributed by atoms with van der Waals surface area (Å²) in [6.07, 6.45) is 2.96. The number of nitrogens with two attached hydrogens (primary N) is 1. The second kappa shape index (κ2) is 8.14. The second-order valence-electron chi connectivity index (χ2n) is 6.83. The fraction of sp³-hybridized carbons (Fsp3) is 0.227. The molecule has 0 atom stereocenters. The molecule has 0 radical (unpaired) electrons. The highest BCUT2D eigenvalue weighted by molar-refractivity contribution is 7.21. The zero-order valence-corrected chi connectivity index (χ0v) is 16.5. The van der Waals surface area contributed by atoms with Crippen LogP contribution in [0.25, 0.3) is 31.8 Å². The minimum absolute atomic E-state index is 0.0266. The summed E-state index contributed by atoms with van der Waals surface area (Å²) in [7, 11) is 0. The molecule has 0 aliphatic heterocycles. The van der Waals surface area contributed by atoms with E-state index in [2.05, 4.69) is 4.98 Å². The van der Waals surface area contributed by atoms with Gasteiger partial charge in [0.1, 0.15) is 21.9 Å². The number of hydrogen-bond donors (Lipinski definition) is 2. The Labute approximate surface area is 170 Å². The number of hydrogen-bond acceptors (Lipinski definition) is 7. The van der Waals surface area contributed by atoms with Crippen LogP contribution in [-0.4, -0.2) is 22.4 Å². The van der Waals surface area contributed by atoms with Crippen molar-refractivity contribution in [3.05, 3.63) is 58.4 Å². The number of Topliss-reactive ketones (excluding diaryl/α,β-unsaturated/α-hetero) is 1. The molecule has 7 heteroatoms. The van der Waals surface area contributed by atoms with E-state index in [9.17, 15) is 14.7 Å². The number of carbonyl (C=O) groups excluding carboxylic acids is 1. The minimum atomic E-state index is -0.679. The number of benzene rings is 2. The lowest BCUT2D eigenvalue weighted by Crippen LogP contribution is -2.05. The summed E-state index contributed by atoms with van der Waals surface area (Å²) in [6.45, 7) is 0.617. The first-order valence-corrected chi connectivity index (χ1v) is 10.3. The van der Waals surface area contributed by atoms with Crippen LogP contribution in [-0.2, 0) is 0 Å². The Morgan fingerprint density at radius 3 is 2.76 bits per heavy atom. The van der Waals surface area contributed by atoms with Gasteiger partial charge in [-0.15, -0.1) is 11.3 Å². The van der Waals surface area contributed by atoms with Crippen LogP contribution in [0.15, 0.2) is 51.7 Å². The molecule has 0 saturated heterocycles. The number of unbranched alkanes of at least 4 members (excludes halogenated alkanes) is 2. The van der Waals surface area contributed by atoms with Crippen molar-refractivity contribution in [1.82, 2.24) is 4.98 Å². The van der Waals surface area contributed by atoms with Gasteiger partial charge in [-0.05, 0) is 43.7 Å². The molecule has 2 aromatic carbocycles. The highest BCUT2D eigenvalue weighted by Crippen LogP contribution is 2.37. The summed E-state index contributed by atoms with van der Waals surface area (Å²) < 4.78 is 6.35. The van der Waals surface area contributed by atoms with Crippen LogP contribution in [0.1, 0.15) is 36.0 Å². The Hall–Kier alpha value is -3.03. The summed E-state index contributed by atoms with van der Waals surface area (Å²) in [5.41, 5.74) is 6.23. The van der Waals surface area contributed by atoms with Gasteiger partial charge in [0.2, 0.25) is 0 Å². The van der Waals surface area contributed by atoms with Gasteiger partial charge in [0.15, 0.2) is 5.78 Å². The number of para-hydroxylation sites is 1. The molecular formula is C22H20N2O4S. The van der Waals surface area contributed by atoms with E-state index in [1.54, 1.807) is 12.1 Å². The molecule has 3 N–H and O–H groups in total. The maximum Gasteiger partial charge on any atom is 0.350 e. The fourth-order valence-corrected chi connectivity index (χ4v) is 4.28. The number of nitrogens with zero attached hydrogens (tertiary/aromatic N) is 1. The van der Waals surface area contributed by atoms with E-state index >= 15 is 0 Å². The number of fused-ring (bicyclic) bond motifs is 2. The third kappa shape index (κ3) is 3.79. The van der Waals surface area contributed by atoms with Gasteiger partial charge in [0.25, 0.3) is 0 Å². The Kier molecular flexibility index (Phi) is 5.42. The molecule has 0 aliphatic rings. The van der Waals surface area contributed by atoms with Crippen molar-refractivity contribution >= 4 is 38.3 Å². The lowest BCUT2D eigenvalue weighted by molar-refractivity contribution is 0.0979. The number of aromatic hydroxyl groups is 1. The monoisotopic (exact) mass is 408 g/mol. The van der Waals surface area contributed by atoms with Gasteiger partial charge in [-0.1, -0.05) is 24.6 Å². The average Bonchev–Trinajstić information content (AvgIpc) is 3.14. The van der Waals surface area contributed by atoms with Crippen LogP contribution in [0.4, 0.5) is 0 Å². The van der Waals surface area contributed by atoms with Crippen LogP contribution in [0.3, 0.4) is 0 Å². The first-order valence-electron chi connectivity index (χ1n) is 9.47. The third-order valence-corrected chi connectivity index (χ3v) is 5.87. The maximum atomic E-state index is 12.6. The predicted molar refractivity (Wildman–Crippen MR) is 115 cm³/mol. The lowest BCUT2D eigenvalue weighted by Gasteiger charge is -2.06. The molecule has 4 rings (SSSR count). The Morgan fingerprint density at radius 1 is 1.14 bits per heavy atom. The minimum Gasteiger partial charge on any atom is -0.506 e. The van der Waals surface area contributed by atoms with Gasteiger partial charge in [-0.25, -0.2) is 9.78 Å². The van der Waals surface area contributed by atoms with Crippen LogP contribution >= 0.6 is 11.3 Å².